The molecule has 0 radical (unpaired) electrons. The van der Waals surface area contributed by atoms with Crippen molar-refractivity contribution in [1.82, 2.24) is 14.7 Å². The number of nitrogens with two attached hydrogens (primary N) is 1. The van der Waals surface area contributed by atoms with E-state index in [2.05, 4.69) is 5.10 Å². The molecule has 3 aromatic rings. The maximum absolute atomic E-state index is 13.7. The van der Waals surface area contributed by atoms with Crippen molar-refractivity contribution >= 4 is 29.4 Å². The molecule has 0 bridgehead atoms. The van der Waals surface area contributed by atoms with Crippen LogP contribution in [-0.2, 0) is 27.9 Å². The Labute approximate surface area is 215 Å². The van der Waals surface area contributed by atoms with Crippen LogP contribution in [0.4, 0.5) is 11.6 Å². The molecule has 0 saturated carbocycles. The summed E-state index contributed by atoms with van der Waals surface area (Å²) in [5, 5.41) is 14.1. The normalized spacial score (nSPS) is 17.8. The van der Waals surface area contributed by atoms with E-state index in [9.17, 15) is 19.6 Å². The number of hydrogen-bond donors (Lipinski definition) is 2. The van der Waals surface area contributed by atoms with Gasteiger partial charge in [-0.2, -0.15) is 5.10 Å². The van der Waals surface area contributed by atoms with Crippen molar-refractivity contribution in [1.29, 1.82) is 0 Å². The molecule has 194 valence electrons. The summed E-state index contributed by atoms with van der Waals surface area (Å²) in [6, 6.07) is 13.7. The minimum Gasteiger partial charge on any atom is -0.349 e. The zero-order valence-corrected chi connectivity index (χ0v) is 21.5. The van der Waals surface area contributed by atoms with Crippen LogP contribution >= 0.6 is 0 Å². The van der Waals surface area contributed by atoms with Gasteiger partial charge in [-0.15, -0.1) is 0 Å². The Hall–Kier alpha value is -4.21. The molecular weight excluding hydrogens is 472 g/mol. The standard InChI is InChI=1S/C27H32N6O4/c1-5-19(20-9-7-6-8-10-20)16-24(34)32-25(27(36)30(3)23-11-12-29-31(23)4)21(26(32)35)14-18-13-17(2)33(37)22(28)15-18/h6-13,15,19,21,25,28,37H,5,14,16H2,1-4H3/p+1/t19-,21+,25-/m0/s1. The highest BCUT2D eigenvalue weighted by molar-refractivity contribution is 6.12. The van der Waals surface area contributed by atoms with Crippen LogP contribution in [0.1, 0.15) is 42.5 Å². The molecule has 1 aliphatic rings. The third-order valence-corrected chi connectivity index (χ3v) is 7.15. The van der Waals surface area contributed by atoms with Gasteiger partial charge in [0, 0.05) is 39.6 Å². The van der Waals surface area contributed by atoms with Gasteiger partial charge >= 0.3 is 5.82 Å². The van der Waals surface area contributed by atoms with Gasteiger partial charge in [0.2, 0.25) is 11.8 Å². The van der Waals surface area contributed by atoms with Gasteiger partial charge in [0.25, 0.3) is 5.91 Å². The molecule has 0 unspecified atom stereocenters. The third-order valence-electron chi connectivity index (χ3n) is 7.15. The number of β-lactam (4-membered cyclic amide) rings is 1. The highest BCUT2D eigenvalue weighted by Gasteiger charge is 2.55. The van der Waals surface area contributed by atoms with E-state index in [-0.39, 0.29) is 42.3 Å². The first-order valence-electron chi connectivity index (χ1n) is 12.3. The molecule has 0 spiro atoms. The predicted molar refractivity (Wildman–Crippen MR) is 137 cm³/mol. The Morgan fingerprint density at radius 2 is 1.92 bits per heavy atom. The quantitative estimate of drug-likeness (QED) is 0.274. The number of aryl methyl sites for hydroxylation is 2. The van der Waals surface area contributed by atoms with Crippen LogP contribution in [0.3, 0.4) is 0 Å². The highest BCUT2D eigenvalue weighted by atomic mass is 16.5. The maximum Gasteiger partial charge on any atom is 0.312 e. The van der Waals surface area contributed by atoms with E-state index in [0.717, 1.165) is 21.6 Å². The first-order chi connectivity index (χ1) is 17.6. The number of amides is 3. The summed E-state index contributed by atoms with van der Waals surface area (Å²) < 4.78 is 2.42. The Balaban J connectivity index is 1.63. The molecular formula is C27H33N6O4+. The second-order valence-electron chi connectivity index (χ2n) is 9.53. The first kappa shape index (κ1) is 25.9. The topological polar surface area (TPSA) is 126 Å². The Kier molecular flexibility index (Phi) is 7.28. The molecule has 1 fully saturated rings. The number of carbonyl (C=O) groups is 3. The molecule has 2 aromatic heterocycles. The summed E-state index contributed by atoms with van der Waals surface area (Å²) in [6.45, 7) is 3.69. The average molecular weight is 506 g/mol. The fourth-order valence-electron chi connectivity index (χ4n) is 5.05. The fraction of sp³-hybridized carbons (Fsp3) is 0.370. The molecule has 1 aliphatic heterocycles. The number of benzene rings is 1. The van der Waals surface area contributed by atoms with Crippen molar-refractivity contribution < 1.29 is 24.3 Å². The maximum atomic E-state index is 13.7. The van der Waals surface area contributed by atoms with Gasteiger partial charge in [-0.25, -0.2) is 0 Å². The molecule has 3 N–H and O–H groups in total. The number of likely N-dealkylation sites (tertiary alicyclic amines) is 1. The van der Waals surface area contributed by atoms with E-state index in [1.807, 2.05) is 37.3 Å². The number of hydrogen-bond acceptors (Lipinski definition) is 6. The molecule has 3 amide bonds. The van der Waals surface area contributed by atoms with Gasteiger partial charge < -0.3 is 5.21 Å². The zero-order chi connectivity index (χ0) is 26.9. The largest absolute Gasteiger partial charge is 0.349 e. The van der Waals surface area contributed by atoms with Gasteiger partial charge in [0.05, 0.1) is 12.1 Å². The first-order valence-corrected chi connectivity index (χ1v) is 12.3. The van der Waals surface area contributed by atoms with Crippen LogP contribution in [0, 0.1) is 12.8 Å². The molecule has 1 aromatic carbocycles. The summed E-state index contributed by atoms with van der Waals surface area (Å²) >= 11 is 0. The minimum absolute atomic E-state index is 0.0670. The van der Waals surface area contributed by atoms with Crippen molar-refractivity contribution in [2.45, 2.75) is 45.1 Å². The number of nitrogen functional groups attached to an aromatic ring is 1. The number of rotatable bonds is 8. The van der Waals surface area contributed by atoms with Crippen LogP contribution in [-0.4, -0.2) is 50.7 Å². The van der Waals surface area contributed by atoms with Crippen LogP contribution < -0.4 is 15.4 Å². The van der Waals surface area contributed by atoms with Crippen LogP contribution in [0.2, 0.25) is 0 Å². The highest BCUT2D eigenvalue weighted by Crippen LogP contribution is 2.35. The molecule has 37 heavy (non-hydrogen) atoms. The summed E-state index contributed by atoms with van der Waals surface area (Å²) in [7, 11) is 3.33. The average Bonchev–Trinajstić information content (AvgIpc) is 3.32. The lowest BCUT2D eigenvalue weighted by Crippen LogP contribution is -2.69. The van der Waals surface area contributed by atoms with E-state index in [4.69, 9.17) is 5.73 Å². The molecule has 3 heterocycles. The van der Waals surface area contributed by atoms with Gasteiger partial charge in [-0.3, -0.25) is 34.6 Å². The number of likely N-dealkylation sites (N-methyl/N-ethyl adjacent to an activating group) is 1. The summed E-state index contributed by atoms with van der Waals surface area (Å²) in [5.74, 6) is -1.26. The smallest absolute Gasteiger partial charge is 0.312 e. The molecule has 1 saturated heterocycles. The molecule has 3 atom stereocenters. The SMILES string of the molecule is CC[C@@H](CC(=O)N1C(=O)[C@H](Cc2cc(C)[n+](O)c(N)c2)[C@H]1C(=O)N(C)c1ccnn1C)c1ccccc1. The van der Waals surface area contributed by atoms with Crippen molar-refractivity contribution in [3.63, 3.8) is 0 Å². The molecule has 10 nitrogen and oxygen atoms in total. The van der Waals surface area contributed by atoms with Gasteiger partial charge in [0.1, 0.15) is 17.6 Å². The number of nitrogens with zero attached hydrogens (tertiary/aromatic N) is 5. The molecule has 0 aliphatic carbocycles. The third kappa shape index (κ3) is 4.91. The van der Waals surface area contributed by atoms with E-state index in [1.54, 1.807) is 50.1 Å². The van der Waals surface area contributed by atoms with Crippen LogP contribution in [0.15, 0.2) is 54.7 Å². The van der Waals surface area contributed by atoms with E-state index >= 15 is 0 Å². The lowest BCUT2D eigenvalue weighted by atomic mass is 9.80. The monoisotopic (exact) mass is 505 g/mol. The van der Waals surface area contributed by atoms with Crippen molar-refractivity contribution in [2.75, 3.05) is 17.7 Å². The minimum atomic E-state index is -0.962. The lowest BCUT2D eigenvalue weighted by molar-refractivity contribution is -0.897. The van der Waals surface area contributed by atoms with Gasteiger partial charge in [-0.1, -0.05) is 37.3 Å². The van der Waals surface area contributed by atoms with Crippen LogP contribution in [0.25, 0.3) is 0 Å². The number of imide groups is 1. The Bertz CT molecular complexity index is 1300. The zero-order valence-electron chi connectivity index (χ0n) is 21.5. The molecule has 10 heteroatoms. The van der Waals surface area contributed by atoms with Crippen molar-refractivity contribution in [3.8, 4) is 0 Å². The van der Waals surface area contributed by atoms with Gasteiger partial charge in [0.15, 0.2) is 0 Å². The summed E-state index contributed by atoms with van der Waals surface area (Å²) in [5.41, 5.74) is 8.11. The van der Waals surface area contributed by atoms with Gasteiger partial charge in [-0.05, 0) is 40.7 Å². The fourth-order valence-corrected chi connectivity index (χ4v) is 5.05. The second kappa shape index (κ2) is 10.4. The van der Waals surface area contributed by atoms with E-state index < -0.39 is 12.0 Å². The Morgan fingerprint density at radius 1 is 1.22 bits per heavy atom. The van der Waals surface area contributed by atoms with E-state index in [1.165, 1.54) is 4.90 Å². The molecule has 4 rings (SSSR count). The van der Waals surface area contributed by atoms with E-state index in [0.29, 0.717) is 17.1 Å². The van der Waals surface area contributed by atoms with Crippen molar-refractivity contribution in [2.24, 2.45) is 13.0 Å². The lowest BCUT2D eigenvalue weighted by Gasteiger charge is -2.46. The predicted octanol–water partition coefficient (Wildman–Crippen LogP) is 1.98. The summed E-state index contributed by atoms with van der Waals surface area (Å²) in [6.07, 6.45) is 2.63. The summed E-state index contributed by atoms with van der Waals surface area (Å²) in [4.78, 5) is 43.1. The van der Waals surface area contributed by atoms with Crippen LogP contribution in [0.5, 0.6) is 0 Å². The Morgan fingerprint density at radius 3 is 2.51 bits per heavy atom. The van der Waals surface area contributed by atoms with Crippen molar-refractivity contribution in [3.05, 3.63) is 71.5 Å². The second-order valence-corrected chi connectivity index (χ2v) is 9.53. The number of aromatic nitrogens is 3. The number of carbonyl (C=O) groups excluding carboxylic acids is 3. The number of anilines is 2. The number of pyridine rings is 1.